The van der Waals surface area contributed by atoms with E-state index in [1.165, 1.54) is 12.1 Å². The smallest absolute Gasteiger partial charge is 0.142 e. The molecule has 0 atom stereocenters. The van der Waals surface area contributed by atoms with Crippen molar-refractivity contribution in [2.24, 2.45) is 0 Å². The molecule has 1 aromatic rings. The second-order valence-corrected chi connectivity index (χ2v) is 4.33. The van der Waals surface area contributed by atoms with Crippen molar-refractivity contribution in [3.63, 3.8) is 0 Å². The summed E-state index contributed by atoms with van der Waals surface area (Å²) in [5.41, 5.74) is 0.614. The molecule has 0 aliphatic heterocycles. The molecule has 0 fully saturated rings. The number of nitrogens with one attached hydrogen (secondary N) is 2. The zero-order valence-corrected chi connectivity index (χ0v) is 10.2. The van der Waals surface area contributed by atoms with E-state index in [0.717, 1.165) is 0 Å². The Morgan fingerprint density at radius 2 is 2.06 bits per heavy atom. The number of halogens is 1. The van der Waals surface area contributed by atoms with Gasteiger partial charge in [0.25, 0.3) is 0 Å². The highest BCUT2D eigenvalue weighted by Gasteiger charge is 2.15. The minimum atomic E-state index is -0.273. The van der Waals surface area contributed by atoms with Crippen LogP contribution in [0.2, 0.25) is 0 Å². The first-order valence-electron chi connectivity index (χ1n) is 5.25. The molecule has 1 rings (SSSR count). The lowest BCUT2D eigenvalue weighted by molar-refractivity contribution is 0.412. The van der Waals surface area contributed by atoms with Crippen molar-refractivity contribution in [3.05, 3.63) is 24.0 Å². The minimum absolute atomic E-state index is 0.0582. The normalized spacial score (nSPS) is 11.3. The first kappa shape index (κ1) is 12.8. The quantitative estimate of drug-likeness (QED) is 0.808. The molecule has 0 aliphatic carbocycles. The van der Waals surface area contributed by atoms with Gasteiger partial charge in [-0.2, -0.15) is 0 Å². The molecule has 2 N–H and O–H groups in total. The molecule has 0 aliphatic rings. The number of rotatable bonds is 5. The van der Waals surface area contributed by atoms with Crippen LogP contribution >= 0.6 is 0 Å². The van der Waals surface area contributed by atoms with Crippen molar-refractivity contribution in [3.8, 4) is 5.75 Å². The topological polar surface area (TPSA) is 33.3 Å². The number of likely N-dealkylation sites (N-methyl/N-ethyl adjacent to an activating group) is 1. The van der Waals surface area contributed by atoms with Crippen LogP contribution in [0.1, 0.15) is 13.8 Å². The average Bonchev–Trinajstić information content (AvgIpc) is 2.27. The largest absolute Gasteiger partial charge is 0.495 e. The monoisotopic (exact) mass is 226 g/mol. The lowest BCUT2D eigenvalue weighted by atomic mass is 10.1. The summed E-state index contributed by atoms with van der Waals surface area (Å²) in [5, 5.41) is 6.34. The molecule has 0 aromatic heterocycles. The van der Waals surface area contributed by atoms with Gasteiger partial charge in [-0.1, -0.05) is 0 Å². The SMILES string of the molecule is CNC(C)(C)CNc1cc(F)ccc1OC. The summed E-state index contributed by atoms with van der Waals surface area (Å²) >= 11 is 0. The van der Waals surface area contributed by atoms with Crippen LogP contribution < -0.4 is 15.4 Å². The van der Waals surface area contributed by atoms with Crippen LogP contribution in [0.3, 0.4) is 0 Å². The summed E-state index contributed by atoms with van der Waals surface area (Å²) in [6.45, 7) is 4.81. The second kappa shape index (κ2) is 5.16. The van der Waals surface area contributed by atoms with Crippen LogP contribution in [-0.2, 0) is 0 Å². The lowest BCUT2D eigenvalue weighted by Crippen LogP contribution is -2.42. The molecule has 0 bridgehead atoms. The molecular weight excluding hydrogens is 207 g/mol. The van der Waals surface area contributed by atoms with Crippen LogP contribution in [-0.4, -0.2) is 26.2 Å². The van der Waals surface area contributed by atoms with Gasteiger partial charge in [0.1, 0.15) is 11.6 Å². The first-order valence-corrected chi connectivity index (χ1v) is 5.25. The number of hydrogen-bond acceptors (Lipinski definition) is 3. The molecule has 0 amide bonds. The van der Waals surface area contributed by atoms with E-state index in [9.17, 15) is 4.39 Å². The molecule has 3 nitrogen and oxygen atoms in total. The highest BCUT2D eigenvalue weighted by Crippen LogP contribution is 2.25. The molecule has 4 heteroatoms. The zero-order valence-electron chi connectivity index (χ0n) is 10.2. The molecule has 90 valence electrons. The molecule has 0 heterocycles. The molecule has 0 radical (unpaired) electrons. The Morgan fingerprint density at radius 3 is 2.62 bits per heavy atom. The standard InChI is InChI=1S/C12H19FN2O/c1-12(2,14-3)8-15-10-7-9(13)5-6-11(10)16-4/h5-7,14-15H,8H2,1-4H3. The Morgan fingerprint density at radius 1 is 1.38 bits per heavy atom. The fraction of sp³-hybridized carbons (Fsp3) is 0.500. The predicted octanol–water partition coefficient (Wildman–Crippen LogP) is 2.24. The van der Waals surface area contributed by atoms with Gasteiger partial charge in [0, 0.05) is 18.2 Å². The summed E-state index contributed by atoms with van der Waals surface area (Å²) in [6, 6.07) is 4.43. The Labute approximate surface area is 96.0 Å². The summed E-state index contributed by atoms with van der Waals surface area (Å²) in [7, 11) is 3.46. The summed E-state index contributed by atoms with van der Waals surface area (Å²) in [5.74, 6) is 0.374. The van der Waals surface area contributed by atoms with E-state index in [1.54, 1.807) is 13.2 Å². The van der Waals surface area contributed by atoms with E-state index < -0.39 is 0 Å². The highest BCUT2D eigenvalue weighted by atomic mass is 19.1. The van der Waals surface area contributed by atoms with Crippen LogP contribution in [0.4, 0.5) is 10.1 Å². The third-order valence-corrected chi connectivity index (χ3v) is 2.56. The van der Waals surface area contributed by atoms with E-state index in [2.05, 4.69) is 24.5 Å². The van der Waals surface area contributed by atoms with Crippen molar-refractivity contribution in [2.45, 2.75) is 19.4 Å². The fourth-order valence-corrected chi connectivity index (χ4v) is 1.22. The molecular formula is C12H19FN2O. The summed E-state index contributed by atoms with van der Waals surface area (Å²) in [6.07, 6.45) is 0. The van der Waals surface area contributed by atoms with Crippen molar-refractivity contribution in [2.75, 3.05) is 26.0 Å². The predicted molar refractivity (Wildman–Crippen MR) is 64.6 cm³/mol. The Bertz CT molecular complexity index is 353. The number of hydrogen-bond donors (Lipinski definition) is 2. The Hall–Kier alpha value is -1.29. The average molecular weight is 226 g/mol. The Kier molecular flexibility index (Phi) is 4.12. The van der Waals surface area contributed by atoms with Crippen molar-refractivity contribution < 1.29 is 9.13 Å². The van der Waals surface area contributed by atoms with Crippen molar-refractivity contribution in [1.82, 2.24) is 5.32 Å². The third kappa shape index (κ3) is 3.38. The number of methoxy groups -OCH3 is 1. The van der Waals surface area contributed by atoms with E-state index in [4.69, 9.17) is 4.74 Å². The van der Waals surface area contributed by atoms with Gasteiger partial charge in [0.15, 0.2) is 0 Å². The van der Waals surface area contributed by atoms with Gasteiger partial charge in [-0.3, -0.25) is 0 Å². The van der Waals surface area contributed by atoms with E-state index in [-0.39, 0.29) is 11.4 Å². The number of benzene rings is 1. The molecule has 16 heavy (non-hydrogen) atoms. The van der Waals surface area contributed by atoms with Crippen molar-refractivity contribution >= 4 is 5.69 Å². The van der Waals surface area contributed by atoms with Crippen molar-refractivity contribution in [1.29, 1.82) is 0 Å². The summed E-state index contributed by atoms with van der Waals surface area (Å²) in [4.78, 5) is 0. The van der Waals surface area contributed by atoms with Crippen LogP contribution in [0, 0.1) is 5.82 Å². The maximum absolute atomic E-state index is 13.1. The maximum atomic E-state index is 13.1. The minimum Gasteiger partial charge on any atom is -0.495 e. The lowest BCUT2D eigenvalue weighted by Gasteiger charge is -2.25. The molecule has 0 saturated carbocycles. The van der Waals surface area contributed by atoms with Gasteiger partial charge < -0.3 is 15.4 Å². The second-order valence-electron chi connectivity index (χ2n) is 4.33. The van der Waals surface area contributed by atoms with E-state index in [0.29, 0.717) is 18.0 Å². The van der Waals surface area contributed by atoms with Crippen LogP contribution in [0.25, 0.3) is 0 Å². The third-order valence-electron chi connectivity index (χ3n) is 2.56. The number of anilines is 1. The van der Waals surface area contributed by atoms with Gasteiger partial charge in [-0.25, -0.2) is 4.39 Å². The Balaban J connectivity index is 2.76. The number of ether oxygens (including phenoxy) is 1. The fourth-order valence-electron chi connectivity index (χ4n) is 1.22. The van der Waals surface area contributed by atoms with E-state index >= 15 is 0 Å². The van der Waals surface area contributed by atoms with E-state index in [1.807, 2.05) is 7.05 Å². The van der Waals surface area contributed by atoms with Crippen LogP contribution in [0.5, 0.6) is 5.75 Å². The van der Waals surface area contributed by atoms with Gasteiger partial charge >= 0.3 is 0 Å². The van der Waals surface area contributed by atoms with Crippen LogP contribution in [0.15, 0.2) is 18.2 Å². The maximum Gasteiger partial charge on any atom is 0.142 e. The van der Waals surface area contributed by atoms with Gasteiger partial charge in [-0.15, -0.1) is 0 Å². The van der Waals surface area contributed by atoms with Gasteiger partial charge in [-0.05, 0) is 33.0 Å². The molecule has 1 aromatic carbocycles. The zero-order chi connectivity index (χ0) is 12.2. The molecule has 0 unspecified atom stereocenters. The first-order chi connectivity index (χ1) is 7.48. The van der Waals surface area contributed by atoms with Gasteiger partial charge in [0.2, 0.25) is 0 Å². The highest BCUT2D eigenvalue weighted by molar-refractivity contribution is 5.56. The summed E-state index contributed by atoms with van der Waals surface area (Å²) < 4.78 is 18.2. The molecule has 0 spiro atoms. The molecule has 0 saturated heterocycles. The van der Waals surface area contributed by atoms with Gasteiger partial charge in [0.05, 0.1) is 12.8 Å².